The Balaban J connectivity index is 1.57. The highest BCUT2D eigenvalue weighted by Gasteiger charge is 2.09. The number of hydrogen-bond acceptors (Lipinski definition) is 2. The SMILES string of the molecule is O=C(N/N=C\c1cn(Cc2ccccc2Cl)c2ccccc12)c1ccc(Br)cc1. The van der Waals surface area contributed by atoms with E-state index in [2.05, 4.69) is 37.1 Å². The van der Waals surface area contributed by atoms with Gasteiger partial charge in [0, 0.05) is 44.3 Å². The minimum Gasteiger partial charge on any atom is -0.342 e. The van der Waals surface area contributed by atoms with Gasteiger partial charge in [-0.05, 0) is 42.0 Å². The number of amides is 1. The molecule has 4 aromatic rings. The third kappa shape index (κ3) is 4.42. The Hall–Kier alpha value is -2.89. The van der Waals surface area contributed by atoms with E-state index in [-0.39, 0.29) is 5.91 Å². The lowest BCUT2D eigenvalue weighted by atomic mass is 10.2. The molecule has 0 bridgehead atoms. The molecule has 0 radical (unpaired) electrons. The molecule has 0 fully saturated rings. The van der Waals surface area contributed by atoms with Crippen LogP contribution in [0.1, 0.15) is 21.5 Å². The Morgan fingerprint density at radius 1 is 1.03 bits per heavy atom. The Morgan fingerprint density at radius 3 is 2.55 bits per heavy atom. The van der Waals surface area contributed by atoms with E-state index in [0.717, 1.165) is 31.5 Å². The van der Waals surface area contributed by atoms with Crippen LogP contribution in [0.5, 0.6) is 0 Å². The van der Waals surface area contributed by atoms with E-state index >= 15 is 0 Å². The highest BCUT2D eigenvalue weighted by Crippen LogP contribution is 2.23. The molecule has 1 N–H and O–H groups in total. The minimum atomic E-state index is -0.256. The van der Waals surface area contributed by atoms with Crippen LogP contribution >= 0.6 is 27.5 Å². The standard InChI is InChI=1S/C23H17BrClN3O/c24-19-11-9-16(10-12-19)23(29)27-26-13-18-15-28(22-8-4-2-6-20(18)22)14-17-5-1-3-7-21(17)25/h1-13,15H,14H2,(H,27,29)/b26-13-. The summed E-state index contributed by atoms with van der Waals surface area (Å²) in [5.41, 5.74) is 6.17. The van der Waals surface area contributed by atoms with Crippen LogP contribution in [-0.4, -0.2) is 16.7 Å². The number of nitrogens with one attached hydrogen (secondary N) is 1. The first kappa shape index (κ1) is 19.4. The van der Waals surface area contributed by atoms with Crippen molar-refractivity contribution in [2.24, 2.45) is 5.10 Å². The molecule has 4 rings (SSSR count). The van der Waals surface area contributed by atoms with E-state index in [4.69, 9.17) is 11.6 Å². The van der Waals surface area contributed by atoms with Crippen LogP contribution < -0.4 is 5.43 Å². The van der Waals surface area contributed by atoms with E-state index in [1.165, 1.54) is 0 Å². The number of benzene rings is 3. The number of fused-ring (bicyclic) bond motifs is 1. The summed E-state index contributed by atoms with van der Waals surface area (Å²) in [5, 5.41) is 5.95. The minimum absolute atomic E-state index is 0.256. The molecule has 1 heterocycles. The van der Waals surface area contributed by atoms with E-state index in [1.807, 2.05) is 60.8 Å². The maximum atomic E-state index is 12.2. The summed E-state index contributed by atoms with van der Waals surface area (Å²) in [4.78, 5) is 12.2. The molecule has 0 saturated heterocycles. The van der Waals surface area contributed by atoms with Gasteiger partial charge >= 0.3 is 0 Å². The molecule has 0 saturated carbocycles. The average molecular weight is 467 g/mol. The lowest BCUT2D eigenvalue weighted by Gasteiger charge is -2.07. The third-order valence-electron chi connectivity index (χ3n) is 4.59. The molecule has 0 spiro atoms. The zero-order valence-corrected chi connectivity index (χ0v) is 17.7. The lowest BCUT2D eigenvalue weighted by Crippen LogP contribution is -2.17. The number of aromatic nitrogens is 1. The predicted molar refractivity (Wildman–Crippen MR) is 122 cm³/mol. The number of carbonyl (C=O) groups excluding carboxylic acids is 1. The monoisotopic (exact) mass is 465 g/mol. The second-order valence-electron chi connectivity index (χ2n) is 6.53. The molecule has 1 aromatic heterocycles. The predicted octanol–water partition coefficient (Wildman–Crippen LogP) is 5.87. The van der Waals surface area contributed by atoms with Gasteiger partial charge in [-0.2, -0.15) is 5.10 Å². The van der Waals surface area contributed by atoms with Crippen molar-refractivity contribution in [2.45, 2.75) is 6.54 Å². The van der Waals surface area contributed by atoms with Gasteiger partial charge in [0.25, 0.3) is 5.91 Å². The lowest BCUT2D eigenvalue weighted by molar-refractivity contribution is 0.0955. The number of para-hydroxylation sites is 1. The molecule has 3 aromatic carbocycles. The van der Waals surface area contributed by atoms with Gasteiger partial charge in [0.1, 0.15) is 0 Å². The Bertz CT molecular complexity index is 1200. The summed E-state index contributed by atoms with van der Waals surface area (Å²) in [5.74, 6) is -0.256. The normalized spacial score (nSPS) is 11.2. The summed E-state index contributed by atoms with van der Waals surface area (Å²) in [7, 11) is 0. The van der Waals surface area contributed by atoms with Gasteiger partial charge in [0.05, 0.1) is 6.21 Å². The fraction of sp³-hybridized carbons (Fsp3) is 0.0435. The molecular formula is C23H17BrClN3O. The van der Waals surface area contributed by atoms with E-state index < -0.39 is 0 Å². The van der Waals surface area contributed by atoms with Crippen molar-refractivity contribution >= 4 is 50.6 Å². The van der Waals surface area contributed by atoms with Gasteiger partial charge in [-0.25, -0.2) is 5.43 Å². The number of nitrogens with zero attached hydrogens (tertiary/aromatic N) is 2. The molecular weight excluding hydrogens is 450 g/mol. The van der Waals surface area contributed by atoms with Crippen molar-refractivity contribution in [3.8, 4) is 0 Å². The highest BCUT2D eigenvalue weighted by molar-refractivity contribution is 9.10. The van der Waals surface area contributed by atoms with E-state index in [0.29, 0.717) is 12.1 Å². The first-order valence-corrected chi connectivity index (χ1v) is 10.2. The number of halogens is 2. The molecule has 144 valence electrons. The quantitative estimate of drug-likeness (QED) is 0.290. The van der Waals surface area contributed by atoms with Crippen molar-refractivity contribution in [1.82, 2.24) is 9.99 Å². The summed E-state index contributed by atoms with van der Waals surface area (Å²) >= 11 is 9.69. The summed E-state index contributed by atoms with van der Waals surface area (Å²) in [6.45, 7) is 0.652. The van der Waals surface area contributed by atoms with Gasteiger partial charge in [0.2, 0.25) is 0 Å². The number of hydrazone groups is 1. The van der Waals surface area contributed by atoms with Crippen LogP contribution in [0, 0.1) is 0 Å². The van der Waals surface area contributed by atoms with Crippen molar-refractivity contribution in [3.05, 3.63) is 105 Å². The summed E-state index contributed by atoms with van der Waals surface area (Å²) < 4.78 is 3.05. The van der Waals surface area contributed by atoms with Gasteiger partial charge in [-0.3, -0.25) is 4.79 Å². The molecule has 0 atom stereocenters. The Morgan fingerprint density at radius 2 is 1.76 bits per heavy atom. The molecule has 29 heavy (non-hydrogen) atoms. The van der Waals surface area contributed by atoms with Crippen LogP contribution in [0.2, 0.25) is 5.02 Å². The van der Waals surface area contributed by atoms with Crippen LogP contribution in [0.25, 0.3) is 10.9 Å². The molecule has 0 unspecified atom stereocenters. The number of carbonyl (C=O) groups is 1. The topological polar surface area (TPSA) is 46.4 Å². The maximum Gasteiger partial charge on any atom is 0.271 e. The molecule has 0 aliphatic heterocycles. The molecule has 0 aliphatic carbocycles. The van der Waals surface area contributed by atoms with Crippen molar-refractivity contribution in [3.63, 3.8) is 0 Å². The smallest absolute Gasteiger partial charge is 0.271 e. The molecule has 1 amide bonds. The summed E-state index contributed by atoms with van der Waals surface area (Å²) in [6.07, 6.45) is 3.69. The van der Waals surface area contributed by atoms with Crippen molar-refractivity contribution in [2.75, 3.05) is 0 Å². The fourth-order valence-corrected chi connectivity index (χ4v) is 3.61. The Labute approximate surface area is 181 Å². The molecule has 6 heteroatoms. The molecule has 4 nitrogen and oxygen atoms in total. The van der Waals surface area contributed by atoms with E-state index in [1.54, 1.807) is 18.3 Å². The van der Waals surface area contributed by atoms with E-state index in [9.17, 15) is 4.79 Å². The maximum absolute atomic E-state index is 12.2. The number of rotatable bonds is 5. The third-order valence-corrected chi connectivity index (χ3v) is 5.49. The van der Waals surface area contributed by atoms with Crippen LogP contribution in [0.15, 0.2) is 88.6 Å². The van der Waals surface area contributed by atoms with Crippen molar-refractivity contribution < 1.29 is 4.79 Å². The zero-order valence-electron chi connectivity index (χ0n) is 15.3. The van der Waals surface area contributed by atoms with Gasteiger partial charge in [-0.15, -0.1) is 0 Å². The largest absolute Gasteiger partial charge is 0.342 e. The number of hydrogen-bond donors (Lipinski definition) is 1. The van der Waals surface area contributed by atoms with Crippen LogP contribution in [0.4, 0.5) is 0 Å². The average Bonchev–Trinajstić information content (AvgIpc) is 3.08. The van der Waals surface area contributed by atoms with Crippen molar-refractivity contribution in [1.29, 1.82) is 0 Å². The van der Waals surface area contributed by atoms with Gasteiger partial charge in [0.15, 0.2) is 0 Å². The first-order valence-electron chi connectivity index (χ1n) is 9.02. The Kier molecular flexibility index (Phi) is 5.79. The second kappa shape index (κ2) is 8.64. The van der Waals surface area contributed by atoms with Crippen LogP contribution in [0.3, 0.4) is 0 Å². The zero-order chi connectivity index (χ0) is 20.2. The van der Waals surface area contributed by atoms with Gasteiger partial charge in [-0.1, -0.05) is 63.9 Å². The fourth-order valence-electron chi connectivity index (χ4n) is 3.15. The highest BCUT2D eigenvalue weighted by atomic mass is 79.9. The second-order valence-corrected chi connectivity index (χ2v) is 7.85. The molecule has 0 aliphatic rings. The summed E-state index contributed by atoms with van der Waals surface area (Å²) in [6, 6.07) is 23.0. The first-order chi connectivity index (χ1) is 14.1. The van der Waals surface area contributed by atoms with Crippen LogP contribution in [-0.2, 0) is 6.54 Å². The van der Waals surface area contributed by atoms with Gasteiger partial charge < -0.3 is 4.57 Å².